The fraction of sp³-hybridized carbons (Fsp3) is 0.471. The number of hydrogen-bond donors (Lipinski definition) is 0. The SMILES string of the molecule is COC=Cc1ccc(C(=O)OC)cc1B1OC(C)(C)C(C)(C)O1. The second-order valence-electron chi connectivity index (χ2n) is 6.46. The maximum Gasteiger partial charge on any atom is 0.495 e. The van der Waals surface area contributed by atoms with Crippen LogP contribution in [-0.4, -0.2) is 38.5 Å². The van der Waals surface area contributed by atoms with Gasteiger partial charge in [0.1, 0.15) is 0 Å². The number of carbonyl (C=O) groups is 1. The molecule has 0 atom stereocenters. The van der Waals surface area contributed by atoms with Crippen molar-refractivity contribution in [2.24, 2.45) is 0 Å². The monoisotopic (exact) mass is 318 g/mol. The van der Waals surface area contributed by atoms with Crippen LogP contribution in [-0.2, 0) is 18.8 Å². The molecule has 5 nitrogen and oxygen atoms in total. The summed E-state index contributed by atoms with van der Waals surface area (Å²) in [6, 6.07) is 5.27. The van der Waals surface area contributed by atoms with Crippen LogP contribution in [0.15, 0.2) is 24.5 Å². The van der Waals surface area contributed by atoms with Gasteiger partial charge in [-0.05, 0) is 56.9 Å². The highest BCUT2D eigenvalue weighted by Crippen LogP contribution is 2.36. The molecule has 0 bridgehead atoms. The Balaban J connectivity index is 2.46. The predicted octanol–water partition coefficient (Wildman–Crippen LogP) is 2.39. The molecule has 0 spiro atoms. The Hall–Kier alpha value is -1.79. The fourth-order valence-electron chi connectivity index (χ4n) is 2.29. The van der Waals surface area contributed by atoms with Gasteiger partial charge >= 0.3 is 13.1 Å². The van der Waals surface area contributed by atoms with Crippen molar-refractivity contribution in [3.8, 4) is 0 Å². The third-order valence-electron chi connectivity index (χ3n) is 4.40. The molecule has 1 heterocycles. The van der Waals surface area contributed by atoms with E-state index >= 15 is 0 Å². The molecule has 124 valence electrons. The number of carbonyl (C=O) groups excluding carboxylic acids is 1. The summed E-state index contributed by atoms with van der Waals surface area (Å²) in [4.78, 5) is 11.8. The number of methoxy groups -OCH3 is 2. The number of esters is 1. The molecular formula is C17H23BO5. The van der Waals surface area contributed by atoms with E-state index < -0.39 is 24.3 Å². The van der Waals surface area contributed by atoms with E-state index in [0.717, 1.165) is 11.0 Å². The zero-order valence-corrected chi connectivity index (χ0v) is 14.5. The average Bonchev–Trinajstić information content (AvgIpc) is 2.72. The second kappa shape index (κ2) is 6.38. The highest BCUT2D eigenvalue weighted by molar-refractivity contribution is 6.63. The summed E-state index contributed by atoms with van der Waals surface area (Å²) in [7, 11) is 2.37. The lowest BCUT2D eigenvalue weighted by atomic mass is 9.75. The standard InChI is InChI=1S/C17H23BO5/c1-16(2)17(3,4)23-18(22-16)14-11-13(15(19)21-6)8-7-12(14)9-10-20-5/h7-11H,1-6H3. The summed E-state index contributed by atoms with van der Waals surface area (Å²) in [5.41, 5.74) is 1.16. The van der Waals surface area contributed by atoms with Crippen molar-refractivity contribution in [1.29, 1.82) is 0 Å². The van der Waals surface area contributed by atoms with Gasteiger partial charge in [-0.15, -0.1) is 0 Å². The van der Waals surface area contributed by atoms with Gasteiger partial charge in [0.25, 0.3) is 0 Å². The Kier molecular flexibility index (Phi) is 4.87. The predicted molar refractivity (Wildman–Crippen MR) is 89.5 cm³/mol. The molecule has 0 aliphatic carbocycles. The van der Waals surface area contributed by atoms with Gasteiger partial charge in [0, 0.05) is 0 Å². The molecule has 0 amide bonds. The maximum atomic E-state index is 11.8. The Bertz CT molecular complexity index is 605. The number of benzene rings is 1. The molecule has 0 radical (unpaired) electrons. The average molecular weight is 318 g/mol. The topological polar surface area (TPSA) is 54.0 Å². The first-order valence-electron chi connectivity index (χ1n) is 7.49. The molecule has 1 aromatic rings. The Morgan fingerprint density at radius 3 is 2.26 bits per heavy atom. The van der Waals surface area contributed by atoms with Crippen molar-refractivity contribution in [3.05, 3.63) is 35.6 Å². The Morgan fingerprint density at radius 1 is 1.13 bits per heavy atom. The number of ether oxygens (including phenoxy) is 2. The van der Waals surface area contributed by atoms with Gasteiger partial charge in [-0.25, -0.2) is 4.79 Å². The number of hydrogen-bond acceptors (Lipinski definition) is 5. The smallest absolute Gasteiger partial charge is 0.495 e. The van der Waals surface area contributed by atoms with Crippen molar-refractivity contribution in [2.75, 3.05) is 14.2 Å². The molecule has 0 saturated carbocycles. The van der Waals surface area contributed by atoms with E-state index in [9.17, 15) is 4.79 Å². The lowest BCUT2D eigenvalue weighted by Gasteiger charge is -2.32. The second-order valence-corrected chi connectivity index (χ2v) is 6.46. The summed E-state index contributed by atoms with van der Waals surface area (Å²) in [6.45, 7) is 7.95. The van der Waals surface area contributed by atoms with Crippen molar-refractivity contribution >= 4 is 24.6 Å². The van der Waals surface area contributed by atoms with Gasteiger partial charge in [0.2, 0.25) is 0 Å². The summed E-state index contributed by atoms with van der Waals surface area (Å²) in [6.07, 6.45) is 3.38. The van der Waals surface area contributed by atoms with Crippen LogP contribution in [0, 0.1) is 0 Å². The van der Waals surface area contributed by atoms with Crippen LogP contribution in [0.5, 0.6) is 0 Å². The molecule has 1 saturated heterocycles. The molecule has 23 heavy (non-hydrogen) atoms. The summed E-state index contributed by atoms with van der Waals surface area (Å²) in [5.74, 6) is -0.398. The largest absolute Gasteiger partial charge is 0.504 e. The molecule has 1 aliphatic rings. The highest BCUT2D eigenvalue weighted by Gasteiger charge is 2.52. The molecule has 1 fully saturated rings. The van der Waals surface area contributed by atoms with E-state index in [1.54, 1.807) is 31.6 Å². The van der Waals surface area contributed by atoms with Crippen molar-refractivity contribution in [3.63, 3.8) is 0 Å². The summed E-state index contributed by atoms with van der Waals surface area (Å²) in [5, 5.41) is 0. The first kappa shape index (κ1) is 17.6. The van der Waals surface area contributed by atoms with Gasteiger partial charge in [-0.2, -0.15) is 0 Å². The lowest BCUT2D eigenvalue weighted by Crippen LogP contribution is -2.41. The van der Waals surface area contributed by atoms with E-state index in [1.807, 2.05) is 33.8 Å². The zero-order chi connectivity index (χ0) is 17.3. The highest BCUT2D eigenvalue weighted by atomic mass is 16.7. The quantitative estimate of drug-likeness (QED) is 0.485. The van der Waals surface area contributed by atoms with Gasteiger partial charge in [-0.1, -0.05) is 6.07 Å². The number of rotatable bonds is 4. The normalized spacial score (nSPS) is 19.1. The molecular weight excluding hydrogens is 295 g/mol. The van der Waals surface area contributed by atoms with E-state index in [-0.39, 0.29) is 0 Å². The Labute approximate surface area is 137 Å². The molecule has 0 unspecified atom stereocenters. The molecule has 2 rings (SSSR count). The third-order valence-corrected chi connectivity index (χ3v) is 4.40. The van der Waals surface area contributed by atoms with Crippen molar-refractivity contribution in [2.45, 2.75) is 38.9 Å². The van der Waals surface area contributed by atoms with Crippen LogP contribution in [0.4, 0.5) is 0 Å². The van der Waals surface area contributed by atoms with E-state index in [0.29, 0.717) is 5.56 Å². The lowest BCUT2D eigenvalue weighted by molar-refractivity contribution is 0.00578. The Morgan fingerprint density at radius 2 is 1.74 bits per heavy atom. The van der Waals surface area contributed by atoms with Gasteiger partial charge < -0.3 is 18.8 Å². The van der Waals surface area contributed by atoms with Crippen LogP contribution in [0.2, 0.25) is 0 Å². The third kappa shape index (κ3) is 3.43. The minimum absolute atomic E-state index is 0.398. The van der Waals surface area contributed by atoms with E-state index in [2.05, 4.69) is 0 Å². The minimum Gasteiger partial charge on any atom is -0.504 e. The fourth-order valence-corrected chi connectivity index (χ4v) is 2.29. The van der Waals surface area contributed by atoms with Crippen LogP contribution >= 0.6 is 0 Å². The molecule has 6 heteroatoms. The van der Waals surface area contributed by atoms with Gasteiger partial charge in [-0.3, -0.25) is 0 Å². The summed E-state index contributed by atoms with van der Waals surface area (Å²) >= 11 is 0. The van der Waals surface area contributed by atoms with Gasteiger partial charge in [0.15, 0.2) is 0 Å². The molecule has 1 aromatic carbocycles. The van der Waals surface area contributed by atoms with Gasteiger partial charge in [0.05, 0.1) is 37.2 Å². The van der Waals surface area contributed by atoms with Crippen LogP contribution < -0.4 is 5.46 Å². The van der Waals surface area contributed by atoms with Crippen molar-refractivity contribution < 1.29 is 23.6 Å². The van der Waals surface area contributed by atoms with Crippen LogP contribution in [0.25, 0.3) is 6.08 Å². The molecule has 1 aliphatic heterocycles. The molecule has 0 N–H and O–H groups in total. The molecule has 0 aromatic heterocycles. The van der Waals surface area contributed by atoms with E-state index in [4.69, 9.17) is 18.8 Å². The first-order valence-corrected chi connectivity index (χ1v) is 7.49. The maximum absolute atomic E-state index is 11.8. The minimum atomic E-state index is -0.568. The zero-order valence-electron chi connectivity index (χ0n) is 14.5. The van der Waals surface area contributed by atoms with Crippen LogP contribution in [0.1, 0.15) is 43.6 Å². The van der Waals surface area contributed by atoms with E-state index in [1.165, 1.54) is 7.11 Å². The first-order chi connectivity index (χ1) is 10.7. The van der Waals surface area contributed by atoms with Crippen LogP contribution in [0.3, 0.4) is 0 Å². The van der Waals surface area contributed by atoms with Crippen molar-refractivity contribution in [1.82, 2.24) is 0 Å². The summed E-state index contributed by atoms with van der Waals surface area (Å²) < 4.78 is 22.0.